The minimum atomic E-state index is -0.885. The predicted molar refractivity (Wildman–Crippen MR) is 86.1 cm³/mol. The van der Waals surface area contributed by atoms with Crippen molar-refractivity contribution in [3.8, 4) is 0 Å². The Bertz CT molecular complexity index is 599. The highest BCUT2D eigenvalue weighted by atomic mass is 35.5. The van der Waals surface area contributed by atoms with Crippen LogP contribution in [0.15, 0.2) is 24.9 Å². The van der Waals surface area contributed by atoms with Crippen LogP contribution in [0.5, 0.6) is 0 Å². The lowest BCUT2D eigenvalue weighted by Crippen LogP contribution is -2.38. The third-order valence-electron chi connectivity index (χ3n) is 2.82. The number of carbonyl (C=O) groups is 2. The molecule has 1 rings (SSSR count). The van der Waals surface area contributed by atoms with E-state index in [-0.39, 0.29) is 22.8 Å². The van der Waals surface area contributed by atoms with E-state index in [1.54, 1.807) is 20.8 Å². The summed E-state index contributed by atoms with van der Waals surface area (Å²) in [4.78, 5) is 27.2. The second-order valence-corrected chi connectivity index (χ2v) is 6.29. The van der Waals surface area contributed by atoms with Crippen LogP contribution in [0.1, 0.15) is 44.0 Å². The molecule has 5 nitrogen and oxygen atoms in total. The van der Waals surface area contributed by atoms with Crippen LogP contribution < -0.4 is 5.32 Å². The van der Waals surface area contributed by atoms with Gasteiger partial charge in [0.1, 0.15) is 10.6 Å². The van der Waals surface area contributed by atoms with Gasteiger partial charge in [-0.25, -0.2) is 9.78 Å². The van der Waals surface area contributed by atoms with E-state index in [0.717, 1.165) is 0 Å². The number of ketones is 1. The molecular formula is C16H20ClFN2O3. The van der Waals surface area contributed by atoms with E-state index >= 15 is 0 Å². The fourth-order valence-electron chi connectivity index (χ4n) is 1.76. The smallest absolute Gasteiger partial charge is 0.408 e. The zero-order chi connectivity index (χ0) is 17.6. The highest BCUT2D eigenvalue weighted by molar-refractivity contribution is 6.33. The topological polar surface area (TPSA) is 68.3 Å². The first-order valence-electron chi connectivity index (χ1n) is 7.09. The summed E-state index contributed by atoms with van der Waals surface area (Å²) in [5, 5.41) is 2.31. The van der Waals surface area contributed by atoms with Crippen LogP contribution in [0.25, 0.3) is 0 Å². The summed E-state index contributed by atoms with van der Waals surface area (Å²) >= 11 is 5.73. The molecule has 1 heterocycles. The molecule has 7 heteroatoms. The van der Waals surface area contributed by atoms with E-state index < -0.39 is 23.7 Å². The van der Waals surface area contributed by atoms with Crippen molar-refractivity contribution in [2.24, 2.45) is 0 Å². The van der Waals surface area contributed by atoms with Crippen molar-refractivity contribution in [2.75, 3.05) is 0 Å². The van der Waals surface area contributed by atoms with Crippen molar-refractivity contribution in [2.45, 2.75) is 45.3 Å². The van der Waals surface area contributed by atoms with Crippen molar-refractivity contribution in [1.29, 1.82) is 0 Å². The molecule has 0 spiro atoms. The molecule has 0 aliphatic heterocycles. The van der Waals surface area contributed by atoms with Crippen molar-refractivity contribution in [3.05, 3.63) is 41.5 Å². The lowest BCUT2D eigenvalue weighted by molar-refractivity contribution is 0.0510. The van der Waals surface area contributed by atoms with Gasteiger partial charge < -0.3 is 10.1 Å². The molecule has 0 saturated carbocycles. The third kappa shape index (κ3) is 6.36. The SMILES string of the molecule is C=CC(CCC(=O)c1ccnc(F)c1Cl)NC(=O)OC(C)(C)C. The number of nitrogens with one attached hydrogen (secondary N) is 1. The quantitative estimate of drug-likeness (QED) is 0.483. The van der Waals surface area contributed by atoms with Gasteiger partial charge in [-0.2, -0.15) is 4.39 Å². The van der Waals surface area contributed by atoms with Crippen LogP contribution in [0.4, 0.5) is 9.18 Å². The Balaban J connectivity index is 2.60. The van der Waals surface area contributed by atoms with Gasteiger partial charge in [-0.15, -0.1) is 6.58 Å². The molecule has 0 aromatic carbocycles. The molecule has 1 unspecified atom stereocenters. The zero-order valence-electron chi connectivity index (χ0n) is 13.4. The van der Waals surface area contributed by atoms with Gasteiger partial charge in [0.15, 0.2) is 5.78 Å². The maximum absolute atomic E-state index is 13.2. The lowest BCUT2D eigenvalue weighted by Gasteiger charge is -2.22. The van der Waals surface area contributed by atoms with E-state index in [4.69, 9.17) is 16.3 Å². The van der Waals surface area contributed by atoms with Gasteiger partial charge in [0.2, 0.25) is 5.95 Å². The third-order valence-corrected chi connectivity index (χ3v) is 3.18. The first-order chi connectivity index (χ1) is 10.6. The van der Waals surface area contributed by atoms with Gasteiger partial charge in [-0.05, 0) is 33.3 Å². The number of hydrogen-bond acceptors (Lipinski definition) is 4. The molecule has 1 aromatic heterocycles. The van der Waals surface area contributed by atoms with Gasteiger partial charge >= 0.3 is 6.09 Å². The number of pyridine rings is 1. The standard InChI is InChI=1S/C16H20ClFN2O3/c1-5-10(20-15(22)23-16(2,3)4)6-7-12(21)11-8-9-19-14(18)13(11)17/h5,8-10H,1,6-7H2,2-4H3,(H,20,22). The monoisotopic (exact) mass is 342 g/mol. The number of halogens is 2. The molecule has 0 aliphatic rings. The molecule has 1 amide bonds. The molecule has 0 fully saturated rings. The van der Waals surface area contributed by atoms with Gasteiger partial charge in [0.25, 0.3) is 0 Å². The number of aromatic nitrogens is 1. The molecule has 1 N–H and O–H groups in total. The van der Waals surface area contributed by atoms with E-state index in [2.05, 4.69) is 16.9 Å². The molecule has 126 valence electrons. The molecule has 0 radical (unpaired) electrons. The Hall–Kier alpha value is -1.95. The van der Waals surface area contributed by atoms with Gasteiger partial charge in [0, 0.05) is 18.2 Å². The molecule has 0 bridgehead atoms. The Morgan fingerprint density at radius 2 is 2.17 bits per heavy atom. The van der Waals surface area contributed by atoms with Gasteiger partial charge in [-0.1, -0.05) is 17.7 Å². The molecule has 1 aromatic rings. The van der Waals surface area contributed by atoms with Crippen LogP contribution in [-0.4, -0.2) is 28.5 Å². The molecule has 0 saturated heterocycles. The summed E-state index contributed by atoms with van der Waals surface area (Å²) in [6.45, 7) is 8.86. The lowest BCUT2D eigenvalue weighted by atomic mass is 10.0. The fraction of sp³-hybridized carbons (Fsp3) is 0.438. The number of rotatable bonds is 6. The van der Waals surface area contributed by atoms with Crippen LogP contribution in [0.2, 0.25) is 5.02 Å². The predicted octanol–water partition coefficient (Wildman–Crippen LogP) is 3.92. The highest BCUT2D eigenvalue weighted by Crippen LogP contribution is 2.20. The van der Waals surface area contributed by atoms with Crippen molar-refractivity contribution in [1.82, 2.24) is 10.3 Å². The average molecular weight is 343 g/mol. The Labute approximate surface area is 139 Å². The molecular weight excluding hydrogens is 323 g/mol. The summed E-state index contributed by atoms with van der Waals surface area (Å²) in [6.07, 6.45) is 2.45. The first kappa shape index (κ1) is 19.1. The molecule has 0 aliphatic carbocycles. The number of alkyl carbamates (subject to hydrolysis) is 1. The summed E-state index contributed by atoms with van der Waals surface area (Å²) in [6, 6.07) is 0.914. The first-order valence-corrected chi connectivity index (χ1v) is 7.47. The average Bonchev–Trinajstić information content (AvgIpc) is 2.44. The van der Waals surface area contributed by atoms with Crippen LogP contribution in [0, 0.1) is 5.95 Å². The number of nitrogens with zero attached hydrogens (tertiary/aromatic N) is 1. The number of hydrogen-bond donors (Lipinski definition) is 1. The fourth-order valence-corrected chi connectivity index (χ4v) is 1.98. The van der Waals surface area contributed by atoms with E-state index in [1.807, 2.05) is 0 Å². The molecule has 1 atom stereocenters. The van der Waals surface area contributed by atoms with E-state index in [0.29, 0.717) is 6.42 Å². The van der Waals surface area contributed by atoms with Crippen LogP contribution >= 0.6 is 11.6 Å². The highest BCUT2D eigenvalue weighted by Gasteiger charge is 2.20. The normalized spacial score (nSPS) is 12.4. The Morgan fingerprint density at radius 1 is 1.52 bits per heavy atom. The second kappa shape index (κ2) is 8.06. The maximum Gasteiger partial charge on any atom is 0.408 e. The number of carbonyl (C=O) groups excluding carboxylic acids is 2. The van der Waals surface area contributed by atoms with Crippen LogP contribution in [0.3, 0.4) is 0 Å². The molecule has 23 heavy (non-hydrogen) atoms. The van der Waals surface area contributed by atoms with Crippen molar-refractivity contribution in [3.63, 3.8) is 0 Å². The van der Waals surface area contributed by atoms with E-state index in [9.17, 15) is 14.0 Å². The van der Waals surface area contributed by atoms with Gasteiger partial charge in [-0.3, -0.25) is 4.79 Å². The Kier molecular flexibility index (Phi) is 6.69. The minimum Gasteiger partial charge on any atom is -0.444 e. The number of amides is 1. The van der Waals surface area contributed by atoms with Gasteiger partial charge in [0.05, 0.1) is 6.04 Å². The van der Waals surface area contributed by atoms with E-state index in [1.165, 1.54) is 18.3 Å². The summed E-state index contributed by atoms with van der Waals surface area (Å²) in [5.74, 6) is -1.22. The van der Waals surface area contributed by atoms with Crippen molar-refractivity contribution < 1.29 is 18.7 Å². The van der Waals surface area contributed by atoms with Crippen LogP contribution in [-0.2, 0) is 4.74 Å². The number of ether oxygens (including phenoxy) is 1. The van der Waals surface area contributed by atoms with Crippen molar-refractivity contribution >= 4 is 23.5 Å². The Morgan fingerprint density at radius 3 is 2.74 bits per heavy atom. The zero-order valence-corrected chi connectivity index (χ0v) is 14.1. The summed E-state index contributed by atoms with van der Waals surface area (Å²) < 4.78 is 18.4. The minimum absolute atomic E-state index is 0.0651. The number of Topliss-reactive ketones (excluding diaryl/α,β-unsaturated/α-hetero) is 1. The summed E-state index contributed by atoms with van der Waals surface area (Å²) in [7, 11) is 0. The summed E-state index contributed by atoms with van der Waals surface area (Å²) in [5.41, 5.74) is -0.549. The second-order valence-electron chi connectivity index (χ2n) is 5.91. The maximum atomic E-state index is 13.2. The largest absolute Gasteiger partial charge is 0.444 e.